The molecule has 0 bridgehead atoms. The van der Waals surface area contributed by atoms with Crippen LogP contribution < -0.4 is 10.1 Å². The van der Waals surface area contributed by atoms with Gasteiger partial charge < -0.3 is 15.0 Å². The Kier molecular flexibility index (Phi) is 6.33. The molecule has 1 aliphatic heterocycles. The molecule has 2 heterocycles. The molecule has 0 atom stereocenters. The predicted octanol–water partition coefficient (Wildman–Crippen LogP) is 4.86. The molecule has 0 radical (unpaired) electrons. The number of thioether (sulfide) groups is 1. The first kappa shape index (κ1) is 21.4. The van der Waals surface area contributed by atoms with Crippen LogP contribution >= 0.6 is 23.1 Å². The van der Waals surface area contributed by atoms with E-state index in [-0.39, 0.29) is 17.4 Å². The van der Waals surface area contributed by atoms with Gasteiger partial charge in [0.05, 0.1) is 5.75 Å². The van der Waals surface area contributed by atoms with E-state index < -0.39 is 6.36 Å². The highest BCUT2D eigenvalue weighted by atomic mass is 32.2. The van der Waals surface area contributed by atoms with Crippen LogP contribution in [0.15, 0.2) is 52.9 Å². The fraction of sp³-hybridized carbons (Fsp3) is 0.250. The van der Waals surface area contributed by atoms with Crippen molar-refractivity contribution in [1.82, 2.24) is 15.1 Å². The van der Waals surface area contributed by atoms with Crippen molar-refractivity contribution in [2.24, 2.45) is 0 Å². The number of hydrogen-bond acceptors (Lipinski definition) is 7. The molecule has 0 spiro atoms. The zero-order chi connectivity index (χ0) is 21.8. The standard InChI is InChI=1S/C20H17F3N4O2S2/c21-20(22,23)29-16-7-5-15(6-8-16)24-18-25-26-19(31-18)30-12-17(28)27-10-9-13-3-1-2-4-14(13)11-27/h1-8H,9-12H2,(H,24,25). The SMILES string of the molecule is O=C(CSc1nnc(Nc2ccc(OC(F)(F)F)cc2)s1)N1CCc2ccccc2C1. The second-order valence-corrected chi connectivity index (χ2v) is 8.89. The summed E-state index contributed by atoms with van der Waals surface area (Å²) in [5, 5.41) is 11.5. The number of hydrogen-bond donors (Lipinski definition) is 1. The number of carbonyl (C=O) groups excluding carboxylic acids is 1. The van der Waals surface area contributed by atoms with E-state index in [1.807, 2.05) is 23.1 Å². The van der Waals surface area contributed by atoms with Crippen LogP contribution in [0.2, 0.25) is 0 Å². The van der Waals surface area contributed by atoms with Gasteiger partial charge in [-0.3, -0.25) is 4.79 Å². The molecular formula is C20H17F3N4O2S2. The normalized spacial score (nSPS) is 13.6. The number of aromatic nitrogens is 2. The quantitative estimate of drug-likeness (QED) is 0.524. The summed E-state index contributed by atoms with van der Waals surface area (Å²) in [6.07, 6.45) is -3.87. The smallest absolute Gasteiger partial charge is 0.406 e. The third-order valence-corrected chi connectivity index (χ3v) is 6.50. The van der Waals surface area contributed by atoms with Gasteiger partial charge in [0.2, 0.25) is 11.0 Å². The minimum Gasteiger partial charge on any atom is -0.406 e. The second kappa shape index (κ2) is 9.15. The molecule has 0 saturated heterocycles. The van der Waals surface area contributed by atoms with Crippen molar-refractivity contribution in [1.29, 1.82) is 0 Å². The molecule has 0 aliphatic carbocycles. The Hall–Kier alpha value is -2.79. The fourth-order valence-corrected chi connectivity index (χ4v) is 4.78. The second-order valence-electron chi connectivity index (χ2n) is 6.69. The monoisotopic (exact) mass is 466 g/mol. The Morgan fingerprint density at radius 2 is 1.87 bits per heavy atom. The van der Waals surface area contributed by atoms with Crippen LogP contribution in [-0.4, -0.2) is 39.7 Å². The number of nitrogens with one attached hydrogen (secondary N) is 1. The Morgan fingerprint density at radius 1 is 1.13 bits per heavy atom. The largest absolute Gasteiger partial charge is 0.573 e. The maximum atomic E-state index is 12.6. The van der Waals surface area contributed by atoms with E-state index >= 15 is 0 Å². The molecule has 0 fully saturated rings. The zero-order valence-corrected chi connectivity index (χ0v) is 17.7. The molecule has 1 aliphatic rings. The summed E-state index contributed by atoms with van der Waals surface area (Å²) in [5.41, 5.74) is 3.02. The van der Waals surface area contributed by atoms with Crippen molar-refractivity contribution in [3.05, 3.63) is 59.7 Å². The minimum atomic E-state index is -4.73. The maximum Gasteiger partial charge on any atom is 0.573 e. The lowest BCUT2D eigenvalue weighted by Gasteiger charge is -2.28. The molecule has 1 aromatic heterocycles. The average Bonchev–Trinajstić information content (AvgIpc) is 3.19. The number of amides is 1. The Balaban J connectivity index is 1.28. The van der Waals surface area contributed by atoms with Gasteiger partial charge in [0.15, 0.2) is 4.34 Å². The number of rotatable bonds is 6. The van der Waals surface area contributed by atoms with Crippen LogP contribution in [0.4, 0.5) is 24.0 Å². The van der Waals surface area contributed by atoms with Crippen LogP contribution in [-0.2, 0) is 17.8 Å². The maximum absolute atomic E-state index is 12.6. The number of fused-ring (bicyclic) bond motifs is 1. The van der Waals surface area contributed by atoms with Gasteiger partial charge in [-0.05, 0) is 41.8 Å². The van der Waals surface area contributed by atoms with Crippen LogP contribution in [0.25, 0.3) is 0 Å². The van der Waals surface area contributed by atoms with E-state index in [1.165, 1.54) is 58.5 Å². The molecule has 1 N–H and O–H groups in total. The van der Waals surface area contributed by atoms with Crippen molar-refractivity contribution in [2.75, 3.05) is 17.6 Å². The van der Waals surface area contributed by atoms with Crippen LogP contribution in [0, 0.1) is 0 Å². The molecule has 6 nitrogen and oxygen atoms in total. The molecule has 31 heavy (non-hydrogen) atoms. The molecule has 3 aromatic rings. The summed E-state index contributed by atoms with van der Waals surface area (Å²) < 4.78 is 41.1. The highest BCUT2D eigenvalue weighted by molar-refractivity contribution is 8.01. The summed E-state index contributed by atoms with van der Waals surface area (Å²) in [6, 6.07) is 13.5. The first-order chi connectivity index (χ1) is 14.9. The number of alkyl halides is 3. The van der Waals surface area contributed by atoms with Gasteiger partial charge in [-0.15, -0.1) is 23.4 Å². The zero-order valence-electron chi connectivity index (χ0n) is 16.1. The lowest BCUT2D eigenvalue weighted by atomic mass is 10.00. The first-order valence-electron chi connectivity index (χ1n) is 9.29. The van der Waals surface area contributed by atoms with E-state index in [4.69, 9.17) is 0 Å². The molecule has 4 rings (SSSR count). The molecule has 0 unspecified atom stereocenters. The van der Waals surface area contributed by atoms with Crippen LogP contribution in [0.3, 0.4) is 0 Å². The predicted molar refractivity (Wildman–Crippen MR) is 113 cm³/mol. The lowest BCUT2D eigenvalue weighted by molar-refractivity contribution is -0.274. The third-order valence-electron chi connectivity index (χ3n) is 4.55. The van der Waals surface area contributed by atoms with E-state index in [1.54, 1.807) is 0 Å². The highest BCUT2D eigenvalue weighted by Gasteiger charge is 2.31. The molecule has 1 amide bonds. The van der Waals surface area contributed by atoms with E-state index in [0.717, 1.165) is 6.42 Å². The van der Waals surface area contributed by atoms with Crippen molar-refractivity contribution in [3.63, 3.8) is 0 Å². The topological polar surface area (TPSA) is 67.3 Å². The highest BCUT2D eigenvalue weighted by Crippen LogP contribution is 2.30. The fourth-order valence-electron chi connectivity index (χ4n) is 3.11. The Labute approximate surface area is 184 Å². The van der Waals surface area contributed by atoms with E-state index in [2.05, 4.69) is 26.3 Å². The summed E-state index contributed by atoms with van der Waals surface area (Å²) in [7, 11) is 0. The van der Waals surface area contributed by atoms with Gasteiger partial charge in [0.25, 0.3) is 0 Å². The van der Waals surface area contributed by atoms with Crippen molar-refractivity contribution < 1.29 is 22.7 Å². The van der Waals surface area contributed by atoms with Gasteiger partial charge in [0.1, 0.15) is 5.75 Å². The number of carbonyl (C=O) groups is 1. The van der Waals surface area contributed by atoms with Gasteiger partial charge in [-0.1, -0.05) is 47.4 Å². The van der Waals surface area contributed by atoms with Crippen molar-refractivity contribution >= 4 is 39.8 Å². The van der Waals surface area contributed by atoms with E-state index in [0.29, 0.717) is 28.2 Å². The number of nitrogens with zero attached hydrogens (tertiary/aromatic N) is 3. The molecule has 2 aromatic carbocycles. The molecular weight excluding hydrogens is 449 g/mol. The number of benzene rings is 2. The lowest BCUT2D eigenvalue weighted by Crippen LogP contribution is -2.37. The Bertz CT molecular complexity index is 1060. The van der Waals surface area contributed by atoms with Gasteiger partial charge in [0, 0.05) is 18.8 Å². The number of anilines is 2. The number of halogens is 3. The molecule has 162 valence electrons. The average molecular weight is 467 g/mol. The van der Waals surface area contributed by atoms with Crippen LogP contribution in [0.1, 0.15) is 11.1 Å². The van der Waals surface area contributed by atoms with Crippen molar-refractivity contribution in [2.45, 2.75) is 23.7 Å². The van der Waals surface area contributed by atoms with Gasteiger partial charge >= 0.3 is 6.36 Å². The third kappa shape index (κ3) is 5.88. The minimum absolute atomic E-state index is 0.0458. The molecule has 11 heteroatoms. The summed E-state index contributed by atoms with van der Waals surface area (Å²) in [6.45, 7) is 1.32. The number of ether oxygens (including phenoxy) is 1. The summed E-state index contributed by atoms with van der Waals surface area (Å²) >= 11 is 2.58. The molecule has 0 saturated carbocycles. The van der Waals surface area contributed by atoms with Gasteiger partial charge in [-0.2, -0.15) is 0 Å². The Morgan fingerprint density at radius 3 is 2.61 bits per heavy atom. The first-order valence-corrected chi connectivity index (χ1v) is 11.1. The van der Waals surface area contributed by atoms with Gasteiger partial charge in [-0.25, -0.2) is 0 Å². The summed E-state index contributed by atoms with van der Waals surface area (Å²) in [5.74, 6) is 0.00942. The van der Waals surface area contributed by atoms with Crippen molar-refractivity contribution in [3.8, 4) is 5.75 Å². The van der Waals surface area contributed by atoms with Crippen LogP contribution in [0.5, 0.6) is 5.75 Å². The van der Waals surface area contributed by atoms with E-state index in [9.17, 15) is 18.0 Å². The summed E-state index contributed by atoms with van der Waals surface area (Å²) in [4.78, 5) is 14.4.